The first kappa shape index (κ1) is 14.0. The van der Waals surface area contributed by atoms with Crippen molar-refractivity contribution in [2.24, 2.45) is 0 Å². The number of thiazole rings is 1. The number of rotatable bonds is 6. The van der Waals surface area contributed by atoms with Crippen molar-refractivity contribution in [1.82, 2.24) is 4.98 Å². The molecule has 104 valence electrons. The Balaban J connectivity index is 1.98. The summed E-state index contributed by atoms with van der Waals surface area (Å²) in [6.45, 7) is -0.209. The van der Waals surface area contributed by atoms with Crippen LogP contribution in [-0.4, -0.2) is 35.6 Å². The number of ketones is 1. The van der Waals surface area contributed by atoms with Crippen LogP contribution in [0.3, 0.4) is 0 Å². The van der Waals surface area contributed by atoms with Crippen molar-refractivity contribution >= 4 is 23.1 Å². The van der Waals surface area contributed by atoms with E-state index in [1.54, 1.807) is 24.3 Å². The topological polar surface area (TPSA) is 85.7 Å². The van der Waals surface area contributed by atoms with Gasteiger partial charge in [0, 0.05) is 11.4 Å². The molecule has 1 aromatic heterocycles. The molecule has 0 unspecified atom stereocenters. The van der Waals surface area contributed by atoms with Crippen LogP contribution in [0.1, 0.15) is 20.3 Å². The summed E-state index contributed by atoms with van der Waals surface area (Å²) in [6.07, 6.45) is 0. The van der Waals surface area contributed by atoms with E-state index in [1.807, 2.05) is 0 Å². The Morgan fingerprint density at radius 2 is 2.10 bits per heavy atom. The number of Topliss-reactive ketones (excluding diaryl/α,β-unsaturated/α-hetero) is 1. The van der Waals surface area contributed by atoms with Gasteiger partial charge in [0.1, 0.15) is 11.5 Å². The quantitative estimate of drug-likeness (QED) is 0.821. The lowest BCUT2D eigenvalue weighted by Crippen LogP contribution is -2.12. The van der Waals surface area contributed by atoms with Crippen LogP contribution in [-0.2, 0) is 0 Å². The zero-order valence-corrected chi connectivity index (χ0v) is 11.3. The minimum absolute atomic E-state index is 0.116. The van der Waals surface area contributed by atoms with Gasteiger partial charge in [0.25, 0.3) is 0 Å². The molecule has 2 rings (SSSR count). The maximum absolute atomic E-state index is 11.8. The van der Waals surface area contributed by atoms with Crippen LogP contribution in [0.2, 0.25) is 0 Å². The maximum atomic E-state index is 11.8. The molecule has 0 radical (unpaired) electrons. The summed E-state index contributed by atoms with van der Waals surface area (Å²) in [4.78, 5) is 26.2. The molecule has 0 atom stereocenters. The van der Waals surface area contributed by atoms with Crippen molar-refractivity contribution in [2.45, 2.75) is 0 Å². The average Bonchev–Trinajstić information content (AvgIpc) is 2.95. The average molecular weight is 293 g/mol. The van der Waals surface area contributed by atoms with E-state index in [4.69, 9.17) is 14.6 Å². The Labute approximate surface area is 118 Å². The van der Waals surface area contributed by atoms with Gasteiger partial charge in [-0.25, -0.2) is 9.78 Å². The second-order valence-electron chi connectivity index (χ2n) is 3.73. The molecule has 0 fully saturated rings. The molecule has 0 saturated carbocycles. The summed E-state index contributed by atoms with van der Waals surface area (Å²) >= 11 is 0.983. The zero-order chi connectivity index (χ0) is 14.5. The maximum Gasteiger partial charge on any atom is 0.355 e. The molecule has 0 spiro atoms. The number of nitrogens with zero attached hydrogens (tertiary/aromatic N) is 1. The molecular formula is C13H11NO5S. The van der Waals surface area contributed by atoms with Crippen molar-refractivity contribution in [1.29, 1.82) is 0 Å². The van der Waals surface area contributed by atoms with Gasteiger partial charge < -0.3 is 14.6 Å². The predicted molar refractivity (Wildman–Crippen MR) is 71.9 cm³/mol. The van der Waals surface area contributed by atoms with Gasteiger partial charge in [0.2, 0.25) is 5.78 Å². The molecule has 0 amide bonds. The fraction of sp³-hybridized carbons (Fsp3) is 0.154. The van der Waals surface area contributed by atoms with Gasteiger partial charge in [0.05, 0.1) is 7.11 Å². The second-order valence-corrected chi connectivity index (χ2v) is 4.59. The fourth-order valence-corrected chi connectivity index (χ4v) is 2.12. The fourth-order valence-electron chi connectivity index (χ4n) is 1.40. The van der Waals surface area contributed by atoms with Crippen molar-refractivity contribution in [3.63, 3.8) is 0 Å². The number of hydrogen-bond acceptors (Lipinski definition) is 6. The van der Waals surface area contributed by atoms with Crippen LogP contribution in [0.4, 0.5) is 0 Å². The normalized spacial score (nSPS) is 10.1. The van der Waals surface area contributed by atoms with E-state index in [0.29, 0.717) is 11.5 Å². The van der Waals surface area contributed by atoms with Crippen LogP contribution in [0, 0.1) is 0 Å². The number of benzene rings is 1. The van der Waals surface area contributed by atoms with Gasteiger partial charge in [-0.3, -0.25) is 4.79 Å². The summed E-state index contributed by atoms with van der Waals surface area (Å²) in [6, 6.07) is 6.84. The molecule has 0 aliphatic carbocycles. The highest BCUT2D eigenvalue weighted by Gasteiger charge is 2.15. The number of carboxylic acids is 1. The van der Waals surface area contributed by atoms with Gasteiger partial charge >= 0.3 is 5.97 Å². The largest absolute Gasteiger partial charge is 0.497 e. The number of carboxylic acid groups (broad SMARTS) is 1. The lowest BCUT2D eigenvalue weighted by atomic mass is 10.3. The molecule has 6 nitrogen and oxygen atoms in total. The Morgan fingerprint density at radius 3 is 2.75 bits per heavy atom. The Morgan fingerprint density at radius 1 is 1.35 bits per heavy atom. The summed E-state index contributed by atoms with van der Waals surface area (Å²) < 4.78 is 10.4. The number of aromatic carboxylic acids is 1. The number of aromatic nitrogens is 1. The summed E-state index contributed by atoms with van der Waals surface area (Å²) in [5, 5.41) is 10.2. The SMILES string of the molecule is COc1cccc(OCC(=O)c2nc(C(=O)O)cs2)c1. The highest BCUT2D eigenvalue weighted by Crippen LogP contribution is 2.19. The number of methoxy groups -OCH3 is 1. The summed E-state index contributed by atoms with van der Waals surface area (Å²) in [5.74, 6) is -0.413. The number of carbonyl (C=O) groups excluding carboxylic acids is 1. The van der Waals surface area contributed by atoms with Crippen LogP contribution in [0.25, 0.3) is 0 Å². The molecule has 0 saturated heterocycles. The van der Waals surface area contributed by atoms with Crippen LogP contribution in [0.5, 0.6) is 11.5 Å². The first-order valence-corrected chi connectivity index (χ1v) is 6.47. The lowest BCUT2D eigenvalue weighted by Gasteiger charge is -2.05. The molecule has 1 heterocycles. The molecule has 0 bridgehead atoms. The van der Waals surface area contributed by atoms with E-state index >= 15 is 0 Å². The third-order valence-corrected chi connectivity index (χ3v) is 3.26. The second kappa shape index (κ2) is 6.16. The number of hydrogen-bond donors (Lipinski definition) is 1. The van der Waals surface area contributed by atoms with Crippen molar-refractivity contribution in [3.05, 3.63) is 40.3 Å². The first-order chi connectivity index (χ1) is 9.60. The highest BCUT2D eigenvalue weighted by molar-refractivity contribution is 7.12. The van der Waals surface area contributed by atoms with Gasteiger partial charge in [-0.2, -0.15) is 0 Å². The van der Waals surface area contributed by atoms with Crippen LogP contribution in [0.15, 0.2) is 29.6 Å². The minimum atomic E-state index is -1.16. The van der Waals surface area contributed by atoms with E-state index in [2.05, 4.69) is 4.98 Å². The van der Waals surface area contributed by atoms with Crippen LogP contribution < -0.4 is 9.47 Å². The molecular weight excluding hydrogens is 282 g/mol. The van der Waals surface area contributed by atoms with Gasteiger partial charge in [-0.15, -0.1) is 11.3 Å². The molecule has 2 aromatic rings. The molecule has 1 aromatic carbocycles. The van der Waals surface area contributed by atoms with Crippen LogP contribution >= 0.6 is 11.3 Å². The molecule has 20 heavy (non-hydrogen) atoms. The minimum Gasteiger partial charge on any atom is -0.497 e. The monoisotopic (exact) mass is 293 g/mol. The summed E-state index contributed by atoms with van der Waals surface area (Å²) in [5.41, 5.74) is -0.139. The Hall–Kier alpha value is -2.41. The van der Waals surface area contributed by atoms with E-state index in [-0.39, 0.29) is 23.1 Å². The first-order valence-electron chi connectivity index (χ1n) is 5.59. The van der Waals surface area contributed by atoms with Crippen molar-refractivity contribution in [2.75, 3.05) is 13.7 Å². The highest BCUT2D eigenvalue weighted by atomic mass is 32.1. The molecule has 7 heteroatoms. The third-order valence-electron chi connectivity index (χ3n) is 2.37. The Kier molecular flexibility index (Phi) is 4.31. The van der Waals surface area contributed by atoms with E-state index in [9.17, 15) is 9.59 Å². The smallest absolute Gasteiger partial charge is 0.355 e. The third kappa shape index (κ3) is 3.33. The standard InChI is InChI=1S/C13H11NO5S/c1-18-8-3-2-4-9(5-8)19-6-11(15)12-14-10(7-20-12)13(16)17/h2-5,7H,6H2,1H3,(H,16,17). The lowest BCUT2D eigenvalue weighted by molar-refractivity contribution is 0.0691. The van der Waals surface area contributed by atoms with Gasteiger partial charge in [-0.1, -0.05) is 6.07 Å². The van der Waals surface area contributed by atoms with E-state index in [0.717, 1.165) is 11.3 Å². The number of carbonyl (C=O) groups is 2. The zero-order valence-electron chi connectivity index (χ0n) is 10.5. The predicted octanol–water partition coefficient (Wildman–Crippen LogP) is 2.11. The van der Waals surface area contributed by atoms with Gasteiger partial charge in [-0.05, 0) is 12.1 Å². The van der Waals surface area contributed by atoms with Crippen molar-refractivity contribution in [3.8, 4) is 11.5 Å². The molecule has 0 aliphatic rings. The molecule has 1 N–H and O–H groups in total. The Bertz CT molecular complexity index is 637. The van der Waals surface area contributed by atoms with E-state index < -0.39 is 5.97 Å². The molecule has 0 aliphatic heterocycles. The van der Waals surface area contributed by atoms with E-state index in [1.165, 1.54) is 12.5 Å². The summed E-state index contributed by atoms with van der Waals surface area (Å²) in [7, 11) is 1.53. The number of ether oxygens (including phenoxy) is 2. The van der Waals surface area contributed by atoms with Crippen molar-refractivity contribution < 1.29 is 24.2 Å². The van der Waals surface area contributed by atoms with Gasteiger partial charge in [0.15, 0.2) is 17.3 Å².